The molecule has 0 saturated heterocycles. The molecular formula is C14H12FNO4S. The Bertz CT molecular complexity index is 757. The van der Waals surface area contributed by atoms with E-state index in [1.54, 1.807) is 0 Å². The molecule has 0 saturated carbocycles. The highest BCUT2D eigenvalue weighted by molar-refractivity contribution is 7.92. The van der Waals surface area contributed by atoms with Crippen LogP contribution in [0.5, 0.6) is 0 Å². The van der Waals surface area contributed by atoms with Crippen molar-refractivity contribution in [3.8, 4) is 0 Å². The standard InChI is InChI=1S/C14H12FNO4S/c15-11-2-1-3-13(9-11)21(19,20)16-12-6-4-10(5-7-12)8-14(17)18/h1-7,9,16H,8H2,(H,17,18). The minimum atomic E-state index is -3.88. The van der Waals surface area contributed by atoms with Crippen molar-refractivity contribution in [1.29, 1.82) is 0 Å². The topological polar surface area (TPSA) is 83.5 Å². The normalized spacial score (nSPS) is 11.1. The molecule has 0 atom stereocenters. The van der Waals surface area contributed by atoms with Gasteiger partial charge in [-0.3, -0.25) is 9.52 Å². The molecule has 2 aromatic rings. The number of halogens is 1. The van der Waals surface area contributed by atoms with Crippen LogP contribution in [0.2, 0.25) is 0 Å². The van der Waals surface area contributed by atoms with Gasteiger partial charge in [-0.15, -0.1) is 0 Å². The third-order valence-corrected chi connectivity index (χ3v) is 4.05. The van der Waals surface area contributed by atoms with Crippen LogP contribution in [0.4, 0.5) is 10.1 Å². The molecule has 2 N–H and O–H groups in total. The number of sulfonamides is 1. The lowest BCUT2D eigenvalue weighted by atomic mass is 10.1. The van der Waals surface area contributed by atoms with E-state index < -0.39 is 21.8 Å². The zero-order valence-electron chi connectivity index (χ0n) is 10.8. The third-order valence-electron chi connectivity index (χ3n) is 2.67. The van der Waals surface area contributed by atoms with Gasteiger partial charge in [0, 0.05) is 5.69 Å². The molecule has 0 spiro atoms. The van der Waals surface area contributed by atoms with Crippen LogP contribution in [0.25, 0.3) is 0 Å². The van der Waals surface area contributed by atoms with Crippen LogP contribution in [0.3, 0.4) is 0 Å². The van der Waals surface area contributed by atoms with E-state index in [1.807, 2.05) is 0 Å². The molecule has 0 radical (unpaired) electrons. The zero-order valence-corrected chi connectivity index (χ0v) is 11.6. The molecule has 7 heteroatoms. The van der Waals surface area contributed by atoms with Crippen LogP contribution in [-0.2, 0) is 21.2 Å². The molecule has 0 aliphatic rings. The van der Waals surface area contributed by atoms with Crippen LogP contribution >= 0.6 is 0 Å². The van der Waals surface area contributed by atoms with Crippen LogP contribution in [0.15, 0.2) is 53.4 Å². The van der Waals surface area contributed by atoms with Gasteiger partial charge in [0.25, 0.3) is 10.0 Å². The summed E-state index contributed by atoms with van der Waals surface area (Å²) in [6.45, 7) is 0. The van der Waals surface area contributed by atoms with Crippen molar-refractivity contribution >= 4 is 21.7 Å². The van der Waals surface area contributed by atoms with Gasteiger partial charge in [0.1, 0.15) is 5.82 Å². The molecule has 2 aromatic carbocycles. The van der Waals surface area contributed by atoms with Gasteiger partial charge < -0.3 is 5.11 Å². The van der Waals surface area contributed by atoms with Gasteiger partial charge in [-0.05, 0) is 35.9 Å². The van der Waals surface area contributed by atoms with Crippen LogP contribution in [0, 0.1) is 5.82 Å². The third kappa shape index (κ3) is 4.03. The minimum Gasteiger partial charge on any atom is -0.481 e. The zero-order chi connectivity index (χ0) is 15.5. The fraction of sp³-hybridized carbons (Fsp3) is 0.0714. The summed E-state index contributed by atoms with van der Waals surface area (Å²) in [5, 5.41) is 8.65. The first-order chi connectivity index (χ1) is 9.87. The van der Waals surface area contributed by atoms with Gasteiger partial charge in [-0.2, -0.15) is 0 Å². The molecule has 110 valence electrons. The van der Waals surface area contributed by atoms with Crippen molar-refractivity contribution in [3.63, 3.8) is 0 Å². The maximum absolute atomic E-state index is 13.1. The van der Waals surface area contributed by atoms with Crippen LogP contribution < -0.4 is 4.72 Å². The summed E-state index contributed by atoms with van der Waals surface area (Å²) in [7, 11) is -3.88. The molecule has 5 nitrogen and oxygen atoms in total. The summed E-state index contributed by atoms with van der Waals surface area (Å²) in [5.74, 6) is -1.61. The number of anilines is 1. The summed E-state index contributed by atoms with van der Waals surface area (Å²) in [6, 6.07) is 10.6. The van der Waals surface area contributed by atoms with Gasteiger partial charge in [0.15, 0.2) is 0 Å². The number of rotatable bonds is 5. The molecule has 0 amide bonds. The molecule has 0 unspecified atom stereocenters. The average molecular weight is 309 g/mol. The summed E-state index contributed by atoms with van der Waals surface area (Å²) in [4.78, 5) is 10.4. The van der Waals surface area contributed by atoms with E-state index in [0.29, 0.717) is 5.56 Å². The lowest BCUT2D eigenvalue weighted by Crippen LogP contribution is -2.13. The monoisotopic (exact) mass is 309 g/mol. The van der Waals surface area contributed by atoms with Crippen molar-refractivity contribution in [2.45, 2.75) is 11.3 Å². The summed E-state index contributed by atoms with van der Waals surface area (Å²) in [5.41, 5.74) is 0.824. The molecule has 0 heterocycles. The average Bonchev–Trinajstić information content (AvgIpc) is 2.40. The molecule has 0 aliphatic heterocycles. The Labute approximate surface area is 121 Å². The predicted octanol–water partition coefficient (Wildman–Crippen LogP) is 2.25. The van der Waals surface area contributed by atoms with E-state index in [2.05, 4.69) is 4.72 Å². The number of nitrogens with one attached hydrogen (secondary N) is 1. The largest absolute Gasteiger partial charge is 0.481 e. The minimum absolute atomic E-state index is 0.142. The highest BCUT2D eigenvalue weighted by Gasteiger charge is 2.14. The molecule has 21 heavy (non-hydrogen) atoms. The lowest BCUT2D eigenvalue weighted by Gasteiger charge is -2.08. The van der Waals surface area contributed by atoms with Crippen LogP contribution in [0.1, 0.15) is 5.56 Å². The number of carboxylic acids is 1. The maximum atomic E-state index is 13.1. The van der Waals surface area contributed by atoms with E-state index in [0.717, 1.165) is 12.1 Å². The smallest absolute Gasteiger partial charge is 0.307 e. The molecule has 0 aliphatic carbocycles. The van der Waals surface area contributed by atoms with Crippen molar-refractivity contribution < 1.29 is 22.7 Å². The van der Waals surface area contributed by atoms with Crippen molar-refractivity contribution in [2.75, 3.05) is 4.72 Å². The summed E-state index contributed by atoms with van der Waals surface area (Å²) in [6.07, 6.45) is -0.142. The van der Waals surface area contributed by atoms with Gasteiger partial charge in [-0.1, -0.05) is 18.2 Å². The Hall–Kier alpha value is -2.41. The van der Waals surface area contributed by atoms with E-state index in [1.165, 1.54) is 36.4 Å². The second kappa shape index (κ2) is 5.92. The Morgan fingerprint density at radius 2 is 1.81 bits per heavy atom. The molecule has 0 aromatic heterocycles. The highest BCUT2D eigenvalue weighted by Crippen LogP contribution is 2.17. The number of carboxylic acid groups (broad SMARTS) is 1. The van der Waals surface area contributed by atoms with E-state index in [-0.39, 0.29) is 17.0 Å². The number of hydrogen-bond acceptors (Lipinski definition) is 3. The Morgan fingerprint density at radius 3 is 2.38 bits per heavy atom. The number of carbonyl (C=O) groups is 1. The fourth-order valence-electron chi connectivity index (χ4n) is 1.71. The summed E-state index contributed by atoms with van der Waals surface area (Å²) < 4.78 is 39.5. The van der Waals surface area contributed by atoms with Gasteiger partial charge in [0.05, 0.1) is 11.3 Å². The molecule has 2 rings (SSSR count). The number of hydrogen-bond donors (Lipinski definition) is 2. The van der Waals surface area contributed by atoms with Gasteiger partial charge in [-0.25, -0.2) is 12.8 Å². The van der Waals surface area contributed by atoms with E-state index in [4.69, 9.17) is 5.11 Å². The Kier molecular flexibility index (Phi) is 4.23. The number of benzene rings is 2. The van der Waals surface area contributed by atoms with E-state index in [9.17, 15) is 17.6 Å². The highest BCUT2D eigenvalue weighted by atomic mass is 32.2. The van der Waals surface area contributed by atoms with Crippen molar-refractivity contribution in [3.05, 3.63) is 59.9 Å². The fourth-order valence-corrected chi connectivity index (χ4v) is 2.80. The first kappa shape index (κ1) is 15.0. The Balaban J connectivity index is 2.19. The maximum Gasteiger partial charge on any atom is 0.307 e. The van der Waals surface area contributed by atoms with Crippen LogP contribution in [-0.4, -0.2) is 19.5 Å². The quantitative estimate of drug-likeness (QED) is 0.887. The first-order valence-electron chi connectivity index (χ1n) is 5.96. The molecule has 0 bridgehead atoms. The molecular weight excluding hydrogens is 297 g/mol. The summed E-state index contributed by atoms with van der Waals surface area (Å²) >= 11 is 0. The van der Waals surface area contributed by atoms with Crippen molar-refractivity contribution in [2.24, 2.45) is 0 Å². The molecule has 0 fully saturated rings. The van der Waals surface area contributed by atoms with Gasteiger partial charge in [0.2, 0.25) is 0 Å². The SMILES string of the molecule is O=C(O)Cc1ccc(NS(=O)(=O)c2cccc(F)c2)cc1. The van der Waals surface area contributed by atoms with E-state index >= 15 is 0 Å². The second-order valence-electron chi connectivity index (χ2n) is 4.33. The van der Waals surface area contributed by atoms with Crippen molar-refractivity contribution in [1.82, 2.24) is 0 Å². The first-order valence-corrected chi connectivity index (χ1v) is 7.44. The predicted molar refractivity (Wildman–Crippen MR) is 75.0 cm³/mol. The second-order valence-corrected chi connectivity index (χ2v) is 6.01. The lowest BCUT2D eigenvalue weighted by molar-refractivity contribution is -0.136. The van der Waals surface area contributed by atoms with Gasteiger partial charge >= 0.3 is 5.97 Å². The Morgan fingerprint density at radius 1 is 1.14 bits per heavy atom. The number of aliphatic carboxylic acids is 1.